The molecular weight excluding hydrogens is 721 g/mol. The molecule has 0 aromatic heterocycles. The highest BCUT2D eigenvalue weighted by molar-refractivity contribution is 7.45. The lowest BCUT2D eigenvalue weighted by Crippen LogP contribution is -2.57. The Labute approximate surface area is 312 Å². The van der Waals surface area contributed by atoms with Crippen molar-refractivity contribution in [3.05, 3.63) is 0 Å². The molecule has 4 saturated heterocycles. The first-order valence-electron chi connectivity index (χ1n) is 18.4. The fraction of sp³-hybridized carbons (Fsp3) is 0.943. The van der Waals surface area contributed by atoms with Crippen LogP contribution in [-0.2, 0) is 47.3 Å². The van der Waals surface area contributed by atoms with E-state index in [1.165, 1.54) is 7.11 Å². The third-order valence-corrected chi connectivity index (χ3v) is 11.4. The van der Waals surface area contributed by atoms with Crippen LogP contribution < -0.4 is 0 Å². The zero-order valence-electron chi connectivity index (χ0n) is 32.8. The number of ketones is 1. The minimum atomic E-state index is -4.64. The van der Waals surface area contributed by atoms with Crippen LogP contribution in [0.1, 0.15) is 74.7 Å². The van der Waals surface area contributed by atoms with Crippen LogP contribution in [0.3, 0.4) is 0 Å². The predicted octanol–water partition coefficient (Wildman–Crippen LogP) is 0.980. The molecule has 0 amide bonds. The standard InChI is InChI=1S/C35H61NO12.H3O4P/c1-16-14-35(15-43-35)32(40)19(4)27(37)18(3)22(7)46-33(41)21(6)31(47-26-13-25(42-11)28(38)23(8)45-26)20(5)30(16)48-34-29(39)24(36(9)10)12-17(2)44-34;1-5(2,3)4/h16-31,34,37-39H,12-15H2,1-11H3;(H3,1,2,3,4)/t16?,17?,18?,19?,20?,21?,22?,23?,24?,25?,26?,27?,28?,29?,30?,31?,34?,35-;/m1./s1. The van der Waals surface area contributed by atoms with Gasteiger partial charge in [-0.1, -0.05) is 27.7 Å². The number of esters is 1. The lowest BCUT2D eigenvalue weighted by atomic mass is 9.76. The van der Waals surface area contributed by atoms with E-state index >= 15 is 0 Å². The van der Waals surface area contributed by atoms with E-state index in [0.29, 0.717) is 6.42 Å². The Kier molecular flexibility index (Phi) is 16.5. The third kappa shape index (κ3) is 11.9. The molecule has 0 radical (unpaired) electrons. The molecule has 1 spiro atoms. The summed E-state index contributed by atoms with van der Waals surface area (Å²) in [6.45, 7) is 14.6. The predicted molar refractivity (Wildman–Crippen MR) is 188 cm³/mol. The number of aliphatic hydroxyl groups excluding tert-OH is 3. The van der Waals surface area contributed by atoms with Gasteiger partial charge in [0.05, 0.1) is 49.1 Å². The molecule has 4 fully saturated rings. The van der Waals surface area contributed by atoms with Crippen molar-refractivity contribution in [2.24, 2.45) is 29.6 Å². The smallest absolute Gasteiger partial charge is 0.462 e. The molecule has 0 aromatic carbocycles. The van der Waals surface area contributed by atoms with Crippen LogP contribution in [0.5, 0.6) is 0 Å². The number of rotatable bonds is 6. The van der Waals surface area contributed by atoms with Crippen molar-refractivity contribution < 1.29 is 77.3 Å². The largest absolute Gasteiger partial charge is 0.466 e. The first-order valence-corrected chi connectivity index (χ1v) is 20.0. The van der Waals surface area contributed by atoms with E-state index in [-0.39, 0.29) is 43.3 Å². The van der Waals surface area contributed by atoms with E-state index in [0.717, 1.165) is 0 Å². The van der Waals surface area contributed by atoms with Crippen LogP contribution in [0, 0.1) is 29.6 Å². The maximum absolute atomic E-state index is 13.9. The molecule has 17 unspecified atom stereocenters. The minimum Gasteiger partial charge on any atom is -0.462 e. The summed E-state index contributed by atoms with van der Waals surface area (Å²) in [5.74, 6) is -3.74. The van der Waals surface area contributed by atoms with Gasteiger partial charge in [-0.25, -0.2) is 4.57 Å². The number of hydrogen-bond acceptors (Lipinski definition) is 14. The van der Waals surface area contributed by atoms with E-state index in [9.17, 15) is 24.9 Å². The summed E-state index contributed by atoms with van der Waals surface area (Å²) >= 11 is 0. The second-order valence-corrected chi connectivity index (χ2v) is 16.8. The van der Waals surface area contributed by atoms with E-state index in [1.807, 2.05) is 39.8 Å². The number of carbonyl (C=O) groups is 2. The van der Waals surface area contributed by atoms with Crippen LogP contribution >= 0.6 is 7.82 Å². The highest BCUT2D eigenvalue weighted by Gasteiger charge is 2.57. The van der Waals surface area contributed by atoms with Gasteiger partial charge >= 0.3 is 13.8 Å². The van der Waals surface area contributed by atoms with E-state index in [2.05, 4.69) is 0 Å². The van der Waals surface area contributed by atoms with Crippen LogP contribution in [0.4, 0.5) is 0 Å². The van der Waals surface area contributed by atoms with Crippen molar-refractivity contribution in [1.82, 2.24) is 4.90 Å². The molecule has 4 aliphatic rings. The van der Waals surface area contributed by atoms with Crippen molar-refractivity contribution in [2.45, 2.75) is 154 Å². The zero-order chi connectivity index (χ0) is 40.3. The van der Waals surface area contributed by atoms with Gasteiger partial charge in [-0.05, 0) is 60.5 Å². The molecule has 17 nitrogen and oxygen atoms in total. The summed E-state index contributed by atoms with van der Waals surface area (Å²) in [6, 6.07) is -0.219. The number of likely N-dealkylation sites (N-methyl/N-ethyl adjacent to an activating group) is 1. The van der Waals surface area contributed by atoms with Crippen molar-refractivity contribution in [2.75, 3.05) is 27.8 Å². The Morgan fingerprint density at radius 2 is 1.38 bits per heavy atom. The summed E-state index contributed by atoms with van der Waals surface area (Å²) in [5.41, 5.74) is -1.10. The van der Waals surface area contributed by atoms with Gasteiger partial charge in [-0.3, -0.25) is 9.59 Å². The Morgan fingerprint density at radius 1 is 0.792 bits per heavy atom. The van der Waals surface area contributed by atoms with Crippen molar-refractivity contribution in [3.63, 3.8) is 0 Å². The van der Waals surface area contributed by atoms with Gasteiger partial charge in [0.15, 0.2) is 24.0 Å². The second kappa shape index (κ2) is 18.9. The van der Waals surface area contributed by atoms with Gasteiger partial charge in [0.2, 0.25) is 0 Å². The first-order chi connectivity index (χ1) is 24.4. The van der Waals surface area contributed by atoms with Crippen LogP contribution in [0.25, 0.3) is 0 Å². The normalized spacial score (nSPS) is 46.3. The number of carbonyl (C=O) groups excluding carboxylic acids is 2. The molecule has 4 rings (SSSR count). The van der Waals surface area contributed by atoms with Crippen LogP contribution in [-0.4, -0.2) is 154 Å². The van der Waals surface area contributed by atoms with Crippen LogP contribution in [0.2, 0.25) is 0 Å². The lowest BCUT2D eigenvalue weighted by molar-refractivity contribution is -0.299. The monoisotopic (exact) mass is 785 g/mol. The molecule has 0 aliphatic carbocycles. The molecule has 53 heavy (non-hydrogen) atoms. The molecule has 6 N–H and O–H groups in total. The molecular formula is C35H64NO16P. The minimum absolute atomic E-state index is 0.198. The zero-order valence-corrected chi connectivity index (χ0v) is 33.7. The van der Waals surface area contributed by atoms with Crippen molar-refractivity contribution >= 4 is 19.6 Å². The Morgan fingerprint density at radius 3 is 1.91 bits per heavy atom. The third-order valence-electron chi connectivity index (χ3n) is 11.4. The van der Waals surface area contributed by atoms with Gasteiger partial charge in [0, 0.05) is 37.3 Å². The number of hydrogen-bond donors (Lipinski definition) is 6. The van der Waals surface area contributed by atoms with E-state index in [4.69, 9.17) is 52.4 Å². The molecule has 18 heteroatoms. The van der Waals surface area contributed by atoms with E-state index in [1.54, 1.807) is 34.6 Å². The molecule has 0 bridgehead atoms. The average Bonchev–Trinajstić information content (AvgIpc) is 3.85. The topological polar surface area (TPSA) is 244 Å². The van der Waals surface area contributed by atoms with Gasteiger partial charge in [0.25, 0.3) is 0 Å². The van der Waals surface area contributed by atoms with Gasteiger partial charge in [-0.2, -0.15) is 0 Å². The maximum Gasteiger partial charge on any atom is 0.466 e. The SMILES string of the molecule is COC1CC(OC2C(C)C(=O)OC(C)C(C)C(O)C(C)C(=O)[C@]3(CO3)CC(C)C(OC3OC(C)CC(N(C)C)C3O)C2C)OC(C)C1O.O=P(O)(O)O. The molecule has 4 aliphatic heterocycles. The molecule has 0 aromatic rings. The van der Waals surface area contributed by atoms with E-state index < -0.39 is 104 Å². The number of nitrogens with zero attached hydrogens (tertiary/aromatic N) is 1. The summed E-state index contributed by atoms with van der Waals surface area (Å²) in [7, 11) is 0.685. The Bertz CT molecular complexity index is 1240. The quantitative estimate of drug-likeness (QED) is 0.125. The second-order valence-electron chi connectivity index (χ2n) is 15.8. The average molecular weight is 786 g/mol. The highest BCUT2D eigenvalue weighted by atomic mass is 31.2. The molecule has 18 atom stereocenters. The first kappa shape index (κ1) is 46.2. The Hall–Kier alpha value is -1.15. The van der Waals surface area contributed by atoms with Gasteiger partial charge < -0.3 is 68.1 Å². The highest BCUT2D eigenvalue weighted by Crippen LogP contribution is 2.43. The number of Topliss-reactive ketones (excluding diaryl/α,β-unsaturated/α-hetero) is 1. The number of phosphoric acid groups is 1. The Balaban J connectivity index is 0.00000141. The van der Waals surface area contributed by atoms with Gasteiger partial charge in [-0.15, -0.1) is 0 Å². The van der Waals surface area contributed by atoms with Crippen LogP contribution in [0.15, 0.2) is 0 Å². The molecule has 4 heterocycles. The van der Waals surface area contributed by atoms with Crippen molar-refractivity contribution in [3.8, 4) is 0 Å². The fourth-order valence-electron chi connectivity index (χ4n) is 7.89. The lowest BCUT2D eigenvalue weighted by Gasteiger charge is -2.46. The number of epoxide rings is 1. The number of methoxy groups -OCH3 is 1. The summed E-state index contributed by atoms with van der Waals surface area (Å²) in [5, 5.41) is 33.3. The summed E-state index contributed by atoms with van der Waals surface area (Å²) < 4.78 is 51.9. The summed E-state index contributed by atoms with van der Waals surface area (Å²) in [4.78, 5) is 51.2. The van der Waals surface area contributed by atoms with Crippen molar-refractivity contribution in [1.29, 1.82) is 0 Å². The van der Waals surface area contributed by atoms with Gasteiger partial charge in [0.1, 0.15) is 18.3 Å². The number of ether oxygens (including phenoxy) is 7. The number of aliphatic hydroxyl groups is 3. The maximum atomic E-state index is 13.9. The summed E-state index contributed by atoms with van der Waals surface area (Å²) in [6.07, 6.45) is -7.15. The molecule has 0 saturated carbocycles. The fourth-order valence-corrected chi connectivity index (χ4v) is 7.89. The number of cyclic esters (lactones) is 1. The molecule has 310 valence electrons.